The van der Waals surface area contributed by atoms with Gasteiger partial charge in [-0.25, -0.2) is 4.98 Å². The second-order valence-corrected chi connectivity index (χ2v) is 6.31. The van der Waals surface area contributed by atoms with Crippen molar-refractivity contribution in [2.24, 2.45) is 0 Å². The Balaban J connectivity index is 1.88. The summed E-state index contributed by atoms with van der Waals surface area (Å²) in [6.45, 7) is 1.25. The molecule has 0 spiro atoms. The minimum atomic E-state index is 0.0212. The smallest absolute Gasteiger partial charge is 0.256 e. The summed E-state index contributed by atoms with van der Waals surface area (Å²) in [6, 6.07) is 7.61. The molecule has 1 aliphatic rings. The molecule has 0 N–H and O–H groups in total. The van der Waals surface area contributed by atoms with Gasteiger partial charge in [-0.15, -0.1) is 11.8 Å². The molecule has 1 amide bonds. The summed E-state index contributed by atoms with van der Waals surface area (Å²) in [5, 5.41) is 0.764. The molecule has 24 heavy (non-hydrogen) atoms. The van der Waals surface area contributed by atoms with Gasteiger partial charge in [-0.05, 0) is 48.1 Å². The van der Waals surface area contributed by atoms with E-state index in [-0.39, 0.29) is 5.91 Å². The number of fused-ring (bicyclic) bond motifs is 1. The number of methoxy groups -OCH3 is 2. The number of pyridine rings is 1. The van der Waals surface area contributed by atoms with Crippen molar-refractivity contribution in [1.29, 1.82) is 0 Å². The Bertz CT molecular complexity index is 764. The predicted molar refractivity (Wildman–Crippen MR) is 94.0 cm³/mol. The number of hydrogen-bond donors (Lipinski definition) is 0. The minimum Gasteiger partial charge on any atom is -0.493 e. The van der Waals surface area contributed by atoms with Gasteiger partial charge in [0.1, 0.15) is 5.03 Å². The summed E-state index contributed by atoms with van der Waals surface area (Å²) in [7, 11) is 3.26. The number of ether oxygens (including phenoxy) is 2. The van der Waals surface area contributed by atoms with Crippen LogP contribution in [0.1, 0.15) is 21.5 Å². The molecule has 0 radical (unpaired) electrons. The van der Waals surface area contributed by atoms with Crippen LogP contribution in [0.5, 0.6) is 11.5 Å². The molecule has 1 aromatic heterocycles. The molecule has 3 rings (SSSR count). The number of amides is 1. The largest absolute Gasteiger partial charge is 0.493 e. The Labute approximate surface area is 146 Å². The van der Waals surface area contributed by atoms with Crippen LogP contribution >= 0.6 is 11.8 Å². The number of carbonyl (C=O) groups is 1. The first-order valence-electron chi connectivity index (χ1n) is 7.70. The van der Waals surface area contributed by atoms with Crippen molar-refractivity contribution < 1.29 is 14.3 Å². The molecule has 0 saturated carbocycles. The second kappa shape index (κ2) is 7.13. The summed E-state index contributed by atoms with van der Waals surface area (Å²) in [5.74, 6) is 1.44. The summed E-state index contributed by atoms with van der Waals surface area (Å²) < 4.78 is 10.7. The van der Waals surface area contributed by atoms with Crippen molar-refractivity contribution in [2.45, 2.75) is 18.0 Å². The lowest BCUT2D eigenvalue weighted by atomic mass is 9.98. The molecule has 0 fully saturated rings. The lowest BCUT2D eigenvalue weighted by Crippen LogP contribution is -2.36. The van der Waals surface area contributed by atoms with Gasteiger partial charge in [0.05, 0.1) is 19.8 Å². The zero-order chi connectivity index (χ0) is 17.1. The fraction of sp³-hybridized carbons (Fsp3) is 0.333. The van der Waals surface area contributed by atoms with Gasteiger partial charge in [0.15, 0.2) is 11.5 Å². The van der Waals surface area contributed by atoms with E-state index in [1.54, 1.807) is 26.5 Å². The van der Waals surface area contributed by atoms with E-state index in [1.807, 2.05) is 29.4 Å². The van der Waals surface area contributed by atoms with Gasteiger partial charge in [-0.2, -0.15) is 0 Å². The molecule has 6 heteroatoms. The lowest BCUT2D eigenvalue weighted by Gasteiger charge is -2.30. The van der Waals surface area contributed by atoms with E-state index < -0.39 is 0 Å². The highest BCUT2D eigenvalue weighted by atomic mass is 32.2. The Morgan fingerprint density at radius 1 is 1.21 bits per heavy atom. The lowest BCUT2D eigenvalue weighted by molar-refractivity contribution is 0.0730. The highest BCUT2D eigenvalue weighted by molar-refractivity contribution is 7.98. The van der Waals surface area contributed by atoms with E-state index in [1.165, 1.54) is 17.3 Å². The molecule has 5 nitrogen and oxygen atoms in total. The number of rotatable bonds is 4. The highest BCUT2D eigenvalue weighted by Gasteiger charge is 2.25. The van der Waals surface area contributed by atoms with E-state index >= 15 is 0 Å². The Hall–Kier alpha value is -2.21. The van der Waals surface area contributed by atoms with Gasteiger partial charge in [-0.1, -0.05) is 0 Å². The molecule has 1 aliphatic heterocycles. The number of thioether (sulfide) groups is 1. The van der Waals surface area contributed by atoms with Crippen molar-refractivity contribution in [3.8, 4) is 11.5 Å². The third kappa shape index (κ3) is 3.06. The van der Waals surface area contributed by atoms with Crippen molar-refractivity contribution >= 4 is 17.7 Å². The van der Waals surface area contributed by atoms with Gasteiger partial charge in [0.2, 0.25) is 0 Å². The van der Waals surface area contributed by atoms with E-state index in [2.05, 4.69) is 4.98 Å². The molecule has 0 unspecified atom stereocenters. The van der Waals surface area contributed by atoms with Crippen LogP contribution in [0.25, 0.3) is 0 Å². The van der Waals surface area contributed by atoms with Crippen molar-refractivity contribution in [1.82, 2.24) is 9.88 Å². The average Bonchev–Trinajstić information content (AvgIpc) is 2.65. The van der Waals surface area contributed by atoms with E-state index in [0.717, 1.165) is 22.8 Å². The van der Waals surface area contributed by atoms with Crippen molar-refractivity contribution in [3.05, 3.63) is 47.2 Å². The summed E-state index contributed by atoms with van der Waals surface area (Å²) in [6.07, 6.45) is 4.45. The first-order valence-corrected chi connectivity index (χ1v) is 8.92. The van der Waals surface area contributed by atoms with Gasteiger partial charge < -0.3 is 14.4 Å². The maximum absolute atomic E-state index is 12.9. The number of nitrogens with zero attached hydrogens (tertiary/aromatic N) is 2. The topological polar surface area (TPSA) is 51.7 Å². The normalized spacial score (nSPS) is 13.4. The number of carbonyl (C=O) groups excluding carboxylic acids is 1. The average molecular weight is 344 g/mol. The third-order valence-corrected chi connectivity index (χ3v) is 4.91. The molecule has 2 heterocycles. The maximum Gasteiger partial charge on any atom is 0.256 e. The van der Waals surface area contributed by atoms with Crippen LogP contribution in [-0.2, 0) is 13.0 Å². The Morgan fingerprint density at radius 3 is 2.58 bits per heavy atom. The summed E-state index contributed by atoms with van der Waals surface area (Å²) in [5.41, 5.74) is 2.96. The van der Waals surface area contributed by atoms with Crippen LogP contribution in [0.4, 0.5) is 0 Å². The van der Waals surface area contributed by atoms with E-state index in [4.69, 9.17) is 9.47 Å². The van der Waals surface area contributed by atoms with Gasteiger partial charge in [0, 0.05) is 19.3 Å². The number of aromatic nitrogens is 1. The molecule has 0 bridgehead atoms. The summed E-state index contributed by atoms with van der Waals surface area (Å²) in [4.78, 5) is 19.0. The molecule has 1 aromatic carbocycles. The first-order chi connectivity index (χ1) is 11.7. The molecular weight excluding hydrogens is 324 g/mol. The number of hydrogen-bond acceptors (Lipinski definition) is 5. The fourth-order valence-corrected chi connectivity index (χ4v) is 3.48. The second-order valence-electron chi connectivity index (χ2n) is 5.51. The quantitative estimate of drug-likeness (QED) is 0.798. The van der Waals surface area contributed by atoms with Crippen molar-refractivity contribution in [2.75, 3.05) is 27.0 Å². The molecule has 126 valence electrons. The van der Waals surface area contributed by atoms with Crippen LogP contribution in [0.2, 0.25) is 0 Å². The molecular formula is C18H20N2O3S. The maximum atomic E-state index is 12.9. The van der Waals surface area contributed by atoms with E-state index in [9.17, 15) is 4.79 Å². The monoisotopic (exact) mass is 344 g/mol. The van der Waals surface area contributed by atoms with Crippen LogP contribution < -0.4 is 9.47 Å². The van der Waals surface area contributed by atoms with Gasteiger partial charge in [-0.3, -0.25) is 4.79 Å². The third-order valence-electron chi connectivity index (χ3n) is 4.20. The van der Waals surface area contributed by atoms with Crippen molar-refractivity contribution in [3.63, 3.8) is 0 Å². The molecule has 2 aromatic rings. The zero-order valence-corrected chi connectivity index (χ0v) is 14.9. The predicted octanol–water partition coefficient (Wildman–Crippen LogP) is 3.02. The molecule has 0 aliphatic carbocycles. The summed E-state index contributed by atoms with van der Waals surface area (Å²) >= 11 is 1.49. The highest BCUT2D eigenvalue weighted by Crippen LogP contribution is 2.33. The van der Waals surface area contributed by atoms with Crippen LogP contribution in [-0.4, -0.2) is 42.8 Å². The van der Waals surface area contributed by atoms with Crippen LogP contribution in [0.3, 0.4) is 0 Å². The van der Waals surface area contributed by atoms with Crippen LogP contribution in [0.15, 0.2) is 35.5 Å². The zero-order valence-electron chi connectivity index (χ0n) is 14.0. The molecule has 0 atom stereocenters. The standard InChI is InChI=1S/C18H20N2O3S/c1-22-15-9-12-6-8-20(11-13(12)10-16(15)23-2)18(21)14-5-4-7-19-17(14)24-3/h4-5,7,9-10H,6,8,11H2,1-3H3. The van der Waals surface area contributed by atoms with Gasteiger partial charge >= 0.3 is 0 Å². The SMILES string of the molecule is COc1cc2c(cc1OC)CN(C(=O)c1cccnc1SC)CC2. The Morgan fingerprint density at radius 2 is 1.92 bits per heavy atom. The van der Waals surface area contributed by atoms with Gasteiger partial charge in [0.25, 0.3) is 5.91 Å². The minimum absolute atomic E-state index is 0.0212. The Kier molecular flexibility index (Phi) is 4.94. The first kappa shape index (κ1) is 16.6. The fourth-order valence-electron chi connectivity index (χ4n) is 2.94. The molecule has 0 saturated heterocycles. The van der Waals surface area contributed by atoms with Crippen LogP contribution in [0, 0.1) is 0 Å². The van der Waals surface area contributed by atoms with E-state index in [0.29, 0.717) is 24.4 Å². The number of benzene rings is 1.